The van der Waals surface area contributed by atoms with E-state index >= 15 is 0 Å². The number of rotatable bonds is 6. The second-order valence-electron chi connectivity index (χ2n) is 6.27. The Hall–Kier alpha value is -2.04. The number of nitrogens with two attached hydrogens (primary N) is 1. The maximum absolute atomic E-state index is 12.0. The number of carbonyl (C=O) groups excluding carboxylic acids is 1. The summed E-state index contributed by atoms with van der Waals surface area (Å²) in [7, 11) is 0. The molecule has 0 atom stereocenters. The third-order valence-corrected chi connectivity index (χ3v) is 4.70. The van der Waals surface area contributed by atoms with Gasteiger partial charge in [0.2, 0.25) is 5.91 Å². The molecule has 5 nitrogen and oxygen atoms in total. The van der Waals surface area contributed by atoms with Gasteiger partial charge in [-0.1, -0.05) is 29.4 Å². The van der Waals surface area contributed by atoms with E-state index in [4.69, 9.17) is 10.9 Å². The fourth-order valence-corrected chi connectivity index (χ4v) is 2.96. The van der Waals surface area contributed by atoms with E-state index in [0.29, 0.717) is 17.4 Å². The second-order valence-corrected chi connectivity index (χ2v) is 6.27. The second kappa shape index (κ2) is 5.39. The highest BCUT2D eigenvalue weighted by molar-refractivity contribution is 5.97. The van der Waals surface area contributed by atoms with Crippen LogP contribution in [0.1, 0.15) is 36.8 Å². The van der Waals surface area contributed by atoms with Gasteiger partial charge in [-0.2, -0.15) is 0 Å². The van der Waals surface area contributed by atoms with E-state index in [2.05, 4.69) is 10.5 Å². The molecule has 0 saturated heterocycles. The maximum atomic E-state index is 12.0. The molecule has 1 aromatic rings. The van der Waals surface area contributed by atoms with Crippen molar-refractivity contribution in [3.8, 4) is 0 Å². The Bertz CT molecular complexity index is 557. The summed E-state index contributed by atoms with van der Waals surface area (Å²) in [4.78, 5) is 12.0. The van der Waals surface area contributed by atoms with Gasteiger partial charge < -0.3 is 16.3 Å². The minimum absolute atomic E-state index is 0.0680. The molecule has 0 aromatic heterocycles. The predicted octanol–water partition coefficient (Wildman–Crippen LogP) is 1.63. The fraction of sp³-hybridized carbons (Fsp3) is 0.500. The van der Waals surface area contributed by atoms with Crippen LogP contribution < -0.4 is 11.1 Å². The van der Waals surface area contributed by atoms with Crippen molar-refractivity contribution >= 4 is 11.7 Å². The third-order valence-electron chi connectivity index (χ3n) is 4.70. The standard InChI is InChI=1S/C16H21N3O2/c17-15(19-21)12-3-1-11(2-4-12)9-14(20)18-10-16(7-8-16)13-5-6-13/h1-4,13,21H,5-10H2,(H2,17,19)(H,18,20). The van der Waals surface area contributed by atoms with Crippen molar-refractivity contribution in [2.75, 3.05) is 6.54 Å². The van der Waals surface area contributed by atoms with Crippen LogP contribution in [0.3, 0.4) is 0 Å². The van der Waals surface area contributed by atoms with Gasteiger partial charge >= 0.3 is 0 Å². The van der Waals surface area contributed by atoms with Gasteiger partial charge in [-0.05, 0) is 42.6 Å². The van der Waals surface area contributed by atoms with Crippen molar-refractivity contribution < 1.29 is 10.0 Å². The molecule has 5 heteroatoms. The summed E-state index contributed by atoms with van der Waals surface area (Å²) in [6.07, 6.45) is 5.59. The van der Waals surface area contributed by atoms with Gasteiger partial charge in [-0.3, -0.25) is 4.79 Å². The maximum Gasteiger partial charge on any atom is 0.224 e. The summed E-state index contributed by atoms with van der Waals surface area (Å²) in [5, 5.41) is 14.6. The Morgan fingerprint density at radius 2 is 2.00 bits per heavy atom. The summed E-state index contributed by atoms with van der Waals surface area (Å²) < 4.78 is 0. The minimum Gasteiger partial charge on any atom is -0.409 e. The molecule has 0 aliphatic heterocycles. The van der Waals surface area contributed by atoms with E-state index < -0.39 is 0 Å². The van der Waals surface area contributed by atoms with Crippen LogP contribution in [0.2, 0.25) is 0 Å². The molecule has 0 heterocycles. The molecule has 2 saturated carbocycles. The van der Waals surface area contributed by atoms with Gasteiger partial charge in [0, 0.05) is 12.1 Å². The van der Waals surface area contributed by atoms with Crippen LogP contribution in [0.4, 0.5) is 0 Å². The highest BCUT2D eigenvalue weighted by Crippen LogP contribution is 2.60. The quantitative estimate of drug-likeness (QED) is 0.321. The Morgan fingerprint density at radius 1 is 1.33 bits per heavy atom. The smallest absolute Gasteiger partial charge is 0.224 e. The summed E-state index contributed by atoms with van der Waals surface area (Å²) in [6.45, 7) is 0.832. The molecule has 2 aliphatic rings. The van der Waals surface area contributed by atoms with E-state index in [1.54, 1.807) is 12.1 Å². The zero-order chi connectivity index (χ0) is 14.9. The molecular formula is C16H21N3O2. The number of carbonyl (C=O) groups is 1. The number of hydrogen-bond acceptors (Lipinski definition) is 3. The highest BCUT2D eigenvalue weighted by atomic mass is 16.4. The summed E-state index contributed by atoms with van der Waals surface area (Å²) in [6, 6.07) is 7.18. The average Bonchev–Trinajstić information content (AvgIpc) is 3.38. The number of amidine groups is 1. The zero-order valence-corrected chi connectivity index (χ0v) is 12.0. The average molecular weight is 287 g/mol. The van der Waals surface area contributed by atoms with Crippen LogP contribution in [-0.2, 0) is 11.2 Å². The SMILES string of the molecule is N/C(=N/O)c1ccc(CC(=O)NCC2(C3CC3)CC2)cc1. The molecule has 2 fully saturated rings. The molecule has 0 radical (unpaired) electrons. The van der Waals surface area contributed by atoms with Crippen LogP contribution in [0.5, 0.6) is 0 Å². The van der Waals surface area contributed by atoms with Crippen LogP contribution in [-0.4, -0.2) is 23.5 Å². The lowest BCUT2D eigenvalue weighted by Crippen LogP contribution is -2.32. The van der Waals surface area contributed by atoms with Crippen molar-refractivity contribution in [1.29, 1.82) is 0 Å². The van der Waals surface area contributed by atoms with Gasteiger partial charge in [0.25, 0.3) is 0 Å². The number of oxime groups is 1. The fourth-order valence-electron chi connectivity index (χ4n) is 2.96. The number of amides is 1. The van der Waals surface area contributed by atoms with Crippen molar-refractivity contribution in [1.82, 2.24) is 5.32 Å². The van der Waals surface area contributed by atoms with Crippen molar-refractivity contribution in [3.63, 3.8) is 0 Å². The molecule has 1 amide bonds. The number of hydrogen-bond donors (Lipinski definition) is 3. The number of nitrogens with one attached hydrogen (secondary N) is 1. The molecule has 4 N–H and O–H groups in total. The lowest BCUT2D eigenvalue weighted by Gasteiger charge is -2.15. The molecule has 21 heavy (non-hydrogen) atoms. The Morgan fingerprint density at radius 3 is 2.52 bits per heavy atom. The van der Waals surface area contributed by atoms with Crippen LogP contribution in [0, 0.1) is 11.3 Å². The Kier molecular flexibility index (Phi) is 3.57. The zero-order valence-electron chi connectivity index (χ0n) is 12.0. The monoisotopic (exact) mass is 287 g/mol. The van der Waals surface area contributed by atoms with E-state index in [1.807, 2.05) is 12.1 Å². The first-order chi connectivity index (χ1) is 10.1. The largest absolute Gasteiger partial charge is 0.409 e. The molecular weight excluding hydrogens is 266 g/mol. The van der Waals surface area contributed by atoms with Crippen molar-refractivity contribution in [2.24, 2.45) is 22.2 Å². The van der Waals surface area contributed by atoms with Crippen molar-refractivity contribution in [2.45, 2.75) is 32.1 Å². The van der Waals surface area contributed by atoms with Crippen molar-refractivity contribution in [3.05, 3.63) is 35.4 Å². The molecule has 112 valence electrons. The summed E-state index contributed by atoms with van der Waals surface area (Å²) in [5.74, 6) is 1.00. The molecule has 0 unspecified atom stereocenters. The molecule has 0 bridgehead atoms. The molecule has 3 rings (SSSR count). The molecule has 1 aromatic carbocycles. The van der Waals surface area contributed by atoms with E-state index in [1.165, 1.54) is 25.7 Å². The Labute approximate surface area is 124 Å². The first-order valence-electron chi connectivity index (χ1n) is 7.46. The lowest BCUT2D eigenvalue weighted by atomic mass is 10.0. The van der Waals surface area contributed by atoms with Gasteiger partial charge in [-0.25, -0.2) is 0 Å². The predicted molar refractivity (Wildman–Crippen MR) is 80.1 cm³/mol. The van der Waals surface area contributed by atoms with Crippen LogP contribution in [0.15, 0.2) is 29.4 Å². The lowest BCUT2D eigenvalue weighted by molar-refractivity contribution is -0.120. The van der Waals surface area contributed by atoms with Gasteiger partial charge in [0.15, 0.2) is 5.84 Å². The number of nitrogens with zero attached hydrogens (tertiary/aromatic N) is 1. The molecule has 2 aliphatic carbocycles. The van der Waals surface area contributed by atoms with Crippen LogP contribution >= 0.6 is 0 Å². The normalized spacial score (nSPS) is 20.1. The summed E-state index contributed by atoms with van der Waals surface area (Å²) >= 11 is 0. The van der Waals surface area contributed by atoms with Gasteiger partial charge in [-0.15, -0.1) is 0 Å². The van der Waals surface area contributed by atoms with E-state index in [-0.39, 0.29) is 11.7 Å². The van der Waals surface area contributed by atoms with Crippen LogP contribution in [0.25, 0.3) is 0 Å². The van der Waals surface area contributed by atoms with Gasteiger partial charge in [0.1, 0.15) is 0 Å². The highest BCUT2D eigenvalue weighted by Gasteiger charge is 2.53. The van der Waals surface area contributed by atoms with Gasteiger partial charge in [0.05, 0.1) is 6.42 Å². The topological polar surface area (TPSA) is 87.7 Å². The van der Waals surface area contributed by atoms with E-state index in [0.717, 1.165) is 18.0 Å². The third kappa shape index (κ3) is 3.17. The first-order valence-corrected chi connectivity index (χ1v) is 7.46. The van der Waals surface area contributed by atoms with E-state index in [9.17, 15) is 4.79 Å². The Balaban J connectivity index is 1.50. The number of benzene rings is 1. The summed E-state index contributed by atoms with van der Waals surface area (Å²) in [5.41, 5.74) is 7.51. The molecule has 0 spiro atoms. The first kappa shape index (κ1) is 13.9. The minimum atomic E-state index is 0.0680.